The van der Waals surface area contributed by atoms with E-state index in [0.717, 1.165) is 12.1 Å². The van der Waals surface area contributed by atoms with Crippen molar-refractivity contribution >= 4 is 23.3 Å². The van der Waals surface area contributed by atoms with Gasteiger partial charge in [-0.05, 0) is 12.1 Å². The number of rotatable bonds is 2. The van der Waals surface area contributed by atoms with Gasteiger partial charge in [0, 0.05) is 0 Å². The van der Waals surface area contributed by atoms with Crippen molar-refractivity contribution in [3.05, 3.63) is 28.8 Å². The Morgan fingerprint density at radius 1 is 1.15 bits per heavy atom. The number of para-hydroxylation sites is 1. The van der Waals surface area contributed by atoms with E-state index in [2.05, 4.69) is 0 Å². The number of carbonyl (C=O) groups is 1. The molecule has 0 aliphatic heterocycles. The van der Waals surface area contributed by atoms with E-state index in [1.807, 2.05) is 0 Å². The first kappa shape index (κ1) is 16.4. The molecule has 3 nitrogen and oxygen atoms in total. The normalized spacial score (nSPS) is 12.2. The van der Waals surface area contributed by atoms with Crippen molar-refractivity contribution < 1.29 is 31.1 Å². The fourth-order valence-corrected chi connectivity index (χ4v) is 1.45. The molecule has 0 atom stereocenters. The van der Waals surface area contributed by atoms with Gasteiger partial charge in [0.2, 0.25) is 0 Å². The van der Waals surface area contributed by atoms with E-state index >= 15 is 0 Å². The first-order valence-electron chi connectivity index (χ1n) is 4.98. The maximum absolute atomic E-state index is 12.6. The van der Waals surface area contributed by atoms with Crippen molar-refractivity contribution in [2.24, 2.45) is 0 Å². The summed E-state index contributed by atoms with van der Waals surface area (Å²) in [5.74, 6) is 0. The van der Waals surface area contributed by atoms with Gasteiger partial charge in [-0.1, -0.05) is 17.7 Å². The molecule has 10 heteroatoms. The summed E-state index contributed by atoms with van der Waals surface area (Å²) in [6, 6.07) is 1.27. The second kappa shape index (κ2) is 5.78. The third-order valence-electron chi connectivity index (χ3n) is 2.01. The molecule has 20 heavy (non-hydrogen) atoms. The number of hydrogen-bond acceptors (Lipinski definition) is 1. The van der Waals surface area contributed by atoms with Crippen molar-refractivity contribution in [1.82, 2.24) is 5.32 Å². The fraction of sp³-hybridized carbons (Fsp3) is 0.300. The highest BCUT2D eigenvalue weighted by molar-refractivity contribution is 6.33. The van der Waals surface area contributed by atoms with E-state index in [-0.39, 0.29) is 0 Å². The van der Waals surface area contributed by atoms with Crippen LogP contribution in [0.15, 0.2) is 18.2 Å². The van der Waals surface area contributed by atoms with Crippen molar-refractivity contribution in [2.45, 2.75) is 12.4 Å². The van der Waals surface area contributed by atoms with E-state index in [0.29, 0.717) is 6.07 Å². The second-order valence-electron chi connectivity index (χ2n) is 3.58. The van der Waals surface area contributed by atoms with E-state index in [4.69, 9.17) is 11.6 Å². The van der Waals surface area contributed by atoms with Gasteiger partial charge in [0.05, 0.1) is 16.3 Å². The van der Waals surface area contributed by atoms with E-state index in [9.17, 15) is 31.1 Å². The molecule has 1 aromatic rings. The Bertz CT molecular complexity index is 500. The Morgan fingerprint density at radius 2 is 1.75 bits per heavy atom. The van der Waals surface area contributed by atoms with Gasteiger partial charge in [-0.3, -0.25) is 0 Å². The van der Waals surface area contributed by atoms with Crippen LogP contribution in [0.1, 0.15) is 5.56 Å². The smallest absolute Gasteiger partial charge is 0.329 e. The molecule has 0 aliphatic rings. The standard InChI is InChI=1S/C10H7ClF6N2O/c11-6-3-1-2-5(10(15,16)17)7(6)19-8(20)18-4-9(12,13)14/h1-3H,4H2,(H2,18,19,20). The molecule has 112 valence electrons. The van der Waals surface area contributed by atoms with E-state index in [1.54, 1.807) is 5.32 Å². The highest BCUT2D eigenvalue weighted by Crippen LogP contribution is 2.38. The molecule has 0 saturated heterocycles. The number of urea groups is 1. The SMILES string of the molecule is O=C(NCC(F)(F)F)Nc1c(Cl)cccc1C(F)(F)F. The minimum absolute atomic E-state index is 0.443. The summed E-state index contributed by atoms with van der Waals surface area (Å²) in [5.41, 5.74) is -2.06. The maximum Gasteiger partial charge on any atom is 0.418 e. The third kappa shape index (κ3) is 4.80. The summed E-state index contributed by atoms with van der Waals surface area (Å²) in [6.45, 7) is -1.68. The quantitative estimate of drug-likeness (QED) is 0.793. The third-order valence-corrected chi connectivity index (χ3v) is 2.32. The minimum atomic E-state index is -4.81. The van der Waals surface area contributed by atoms with Crippen molar-refractivity contribution in [3.8, 4) is 0 Å². The molecule has 0 heterocycles. The Hall–Kier alpha value is -1.64. The maximum atomic E-state index is 12.6. The van der Waals surface area contributed by atoms with Gasteiger partial charge in [0.1, 0.15) is 6.54 Å². The van der Waals surface area contributed by atoms with Crippen LogP contribution in [0.5, 0.6) is 0 Å². The molecule has 1 rings (SSSR count). The van der Waals surface area contributed by atoms with Crippen molar-refractivity contribution in [2.75, 3.05) is 11.9 Å². The van der Waals surface area contributed by atoms with Crippen LogP contribution in [0.4, 0.5) is 36.8 Å². The van der Waals surface area contributed by atoms with Gasteiger partial charge in [0.15, 0.2) is 0 Å². The molecular weight excluding hydrogens is 314 g/mol. The molecule has 0 spiro atoms. The van der Waals surface area contributed by atoms with Gasteiger partial charge in [-0.2, -0.15) is 26.3 Å². The number of amides is 2. The molecule has 0 fully saturated rings. The van der Waals surface area contributed by atoms with Crippen LogP contribution < -0.4 is 10.6 Å². The Kier molecular flexibility index (Phi) is 4.74. The topological polar surface area (TPSA) is 41.1 Å². The zero-order valence-corrected chi connectivity index (χ0v) is 10.2. The summed E-state index contributed by atoms with van der Waals surface area (Å²) in [5, 5.41) is 2.59. The van der Waals surface area contributed by atoms with Crippen LogP contribution in [-0.4, -0.2) is 18.8 Å². The number of alkyl halides is 6. The number of benzene rings is 1. The van der Waals surface area contributed by atoms with Crippen LogP contribution in [0.2, 0.25) is 5.02 Å². The predicted molar refractivity (Wildman–Crippen MR) is 59.5 cm³/mol. The van der Waals surface area contributed by atoms with Gasteiger partial charge < -0.3 is 10.6 Å². The molecule has 0 aromatic heterocycles. The zero-order chi connectivity index (χ0) is 15.6. The first-order chi connectivity index (χ1) is 9.00. The number of carbonyl (C=O) groups excluding carboxylic acids is 1. The molecule has 2 N–H and O–H groups in total. The Balaban J connectivity index is 2.90. The molecular formula is C10H7ClF6N2O. The number of nitrogens with one attached hydrogen (secondary N) is 2. The first-order valence-corrected chi connectivity index (χ1v) is 5.36. The molecule has 0 unspecified atom stereocenters. The summed E-state index contributed by atoms with van der Waals surface area (Å²) < 4.78 is 73.5. The molecule has 0 bridgehead atoms. The lowest BCUT2D eigenvalue weighted by Gasteiger charge is -2.16. The number of hydrogen-bond donors (Lipinski definition) is 2. The van der Waals surface area contributed by atoms with Gasteiger partial charge >= 0.3 is 18.4 Å². The molecule has 1 aromatic carbocycles. The Labute approximate surface area is 113 Å². The second-order valence-corrected chi connectivity index (χ2v) is 3.99. The van der Waals surface area contributed by atoms with Crippen molar-refractivity contribution in [1.29, 1.82) is 0 Å². The van der Waals surface area contributed by atoms with E-state index < -0.39 is 41.2 Å². The van der Waals surface area contributed by atoms with E-state index in [1.165, 1.54) is 5.32 Å². The average molecular weight is 321 g/mol. The number of halogens is 7. The summed E-state index contributed by atoms with van der Waals surface area (Å²) in [7, 11) is 0. The lowest BCUT2D eigenvalue weighted by atomic mass is 10.1. The highest BCUT2D eigenvalue weighted by Gasteiger charge is 2.35. The van der Waals surface area contributed by atoms with Crippen LogP contribution in [0.25, 0.3) is 0 Å². The Morgan fingerprint density at radius 3 is 2.25 bits per heavy atom. The average Bonchev–Trinajstić information content (AvgIpc) is 2.27. The molecule has 0 radical (unpaired) electrons. The lowest BCUT2D eigenvalue weighted by molar-refractivity contribution is -0.137. The number of anilines is 1. The molecule has 0 aliphatic carbocycles. The highest BCUT2D eigenvalue weighted by atomic mass is 35.5. The molecule has 2 amide bonds. The van der Waals surface area contributed by atoms with Crippen LogP contribution in [0.3, 0.4) is 0 Å². The summed E-state index contributed by atoms with van der Waals surface area (Å²) in [4.78, 5) is 11.1. The van der Waals surface area contributed by atoms with Crippen LogP contribution in [0, 0.1) is 0 Å². The minimum Gasteiger partial charge on any atom is -0.329 e. The monoisotopic (exact) mass is 320 g/mol. The van der Waals surface area contributed by atoms with Gasteiger partial charge in [-0.25, -0.2) is 4.79 Å². The fourth-order valence-electron chi connectivity index (χ4n) is 1.23. The zero-order valence-electron chi connectivity index (χ0n) is 9.49. The predicted octanol–water partition coefficient (Wildman–Crippen LogP) is 4.04. The van der Waals surface area contributed by atoms with Crippen LogP contribution in [-0.2, 0) is 6.18 Å². The largest absolute Gasteiger partial charge is 0.418 e. The van der Waals surface area contributed by atoms with Crippen LogP contribution >= 0.6 is 11.6 Å². The summed E-state index contributed by atoms with van der Waals surface area (Å²) in [6.07, 6.45) is -9.48. The van der Waals surface area contributed by atoms with Gasteiger partial charge in [-0.15, -0.1) is 0 Å². The summed E-state index contributed by atoms with van der Waals surface area (Å²) >= 11 is 5.50. The van der Waals surface area contributed by atoms with Gasteiger partial charge in [0.25, 0.3) is 0 Å². The van der Waals surface area contributed by atoms with Crippen molar-refractivity contribution in [3.63, 3.8) is 0 Å². The molecule has 0 saturated carbocycles. The lowest BCUT2D eigenvalue weighted by Crippen LogP contribution is -2.37.